The van der Waals surface area contributed by atoms with Crippen LogP contribution in [-0.4, -0.2) is 17.6 Å². The van der Waals surface area contributed by atoms with Gasteiger partial charge in [-0.15, -0.1) is 0 Å². The maximum absolute atomic E-state index is 11.3. The molecule has 0 saturated heterocycles. The Bertz CT molecular complexity index is 302. The van der Waals surface area contributed by atoms with Gasteiger partial charge in [-0.05, 0) is 17.8 Å². The average Bonchev–Trinajstić information content (AvgIpc) is 2.04. The van der Waals surface area contributed by atoms with Gasteiger partial charge in [0, 0.05) is 6.42 Å². The molecule has 1 atom stereocenters. The van der Waals surface area contributed by atoms with Crippen LogP contribution < -0.4 is 5.32 Å². The number of hydrogen-bond donors (Lipinski definition) is 1. The van der Waals surface area contributed by atoms with E-state index in [1.807, 2.05) is 12.2 Å². The van der Waals surface area contributed by atoms with Gasteiger partial charge in [0.25, 0.3) is 0 Å². The molecule has 12 heavy (non-hydrogen) atoms. The second kappa shape index (κ2) is 2.59. The number of fused-ring (bicyclic) bond motifs is 1. The Kier molecular flexibility index (Phi) is 1.57. The van der Waals surface area contributed by atoms with E-state index < -0.39 is 0 Å². The number of rotatable bonds is 0. The molecule has 1 heterocycles. The summed E-state index contributed by atoms with van der Waals surface area (Å²) in [5.41, 5.74) is 0.902. The SMILES string of the molecule is O=C1CC(=O)C2NC=CC=C2C1. The number of carbonyl (C=O) groups is 2. The highest BCUT2D eigenvalue weighted by Crippen LogP contribution is 2.20. The normalized spacial score (nSPS) is 27.7. The minimum absolute atomic E-state index is 0.0122. The second-order valence-electron chi connectivity index (χ2n) is 3.06. The minimum Gasteiger partial charge on any atom is -0.378 e. The van der Waals surface area contributed by atoms with E-state index in [4.69, 9.17) is 0 Å². The molecule has 2 aliphatic rings. The molecule has 62 valence electrons. The number of dihydropyridines is 1. The van der Waals surface area contributed by atoms with Crippen molar-refractivity contribution in [3.63, 3.8) is 0 Å². The van der Waals surface area contributed by atoms with Crippen molar-refractivity contribution in [3.8, 4) is 0 Å². The van der Waals surface area contributed by atoms with E-state index in [2.05, 4.69) is 5.32 Å². The van der Waals surface area contributed by atoms with Gasteiger partial charge in [-0.25, -0.2) is 0 Å². The lowest BCUT2D eigenvalue weighted by Gasteiger charge is -2.25. The van der Waals surface area contributed by atoms with Gasteiger partial charge in [0.05, 0.1) is 6.42 Å². The Morgan fingerprint density at radius 2 is 2.17 bits per heavy atom. The third kappa shape index (κ3) is 1.07. The predicted molar refractivity (Wildman–Crippen MR) is 43.4 cm³/mol. The third-order valence-electron chi connectivity index (χ3n) is 2.13. The van der Waals surface area contributed by atoms with Crippen molar-refractivity contribution in [2.24, 2.45) is 0 Å². The summed E-state index contributed by atoms with van der Waals surface area (Å²) in [6, 6.07) is -0.229. The van der Waals surface area contributed by atoms with Gasteiger partial charge in [-0.2, -0.15) is 0 Å². The summed E-state index contributed by atoms with van der Waals surface area (Å²) in [5.74, 6) is 0.0152. The van der Waals surface area contributed by atoms with E-state index >= 15 is 0 Å². The second-order valence-corrected chi connectivity index (χ2v) is 3.06. The Morgan fingerprint density at radius 3 is 3.00 bits per heavy atom. The van der Waals surface area contributed by atoms with Gasteiger partial charge in [0.1, 0.15) is 11.8 Å². The zero-order valence-electron chi connectivity index (χ0n) is 6.54. The smallest absolute Gasteiger partial charge is 0.166 e. The van der Waals surface area contributed by atoms with Crippen LogP contribution in [-0.2, 0) is 9.59 Å². The molecule has 1 aliphatic carbocycles. The van der Waals surface area contributed by atoms with Crippen LogP contribution >= 0.6 is 0 Å². The van der Waals surface area contributed by atoms with E-state index in [9.17, 15) is 9.59 Å². The van der Waals surface area contributed by atoms with Gasteiger partial charge in [0.15, 0.2) is 5.78 Å². The van der Waals surface area contributed by atoms with E-state index in [0.717, 1.165) is 5.57 Å². The first-order chi connectivity index (χ1) is 5.77. The zero-order valence-corrected chi connectivity index (χ0v) is 6.54. The van der Waals surface area contributed by atoms with Crippen molar-refractivity contribution in [2.75, 3.05) is 0 Å². The van der Waals surface area contributed by atoms with Crippen molar-refractivity contribution < 1.29 is 9.59 Å². The maximum Gasteiger partial charge on any atom is 0.166 e. The van der Waals surface area contributed by atoms with Crippen molar-refractivity contribution in [1.82, 2.24) is 5.32 Å². The molecule has 0 bridgehead atoms. The highest BCUT2D eigenvalue weighted by Gasteiger charge is 2.30. The number of nitrogens with one attached hydrogen (secondary N) is 1. The molecule has 3 heteroatoms. The Morgan fingerprint density at radius 1 is 1.33 bits per heavy atom. The summed E-state index contributed by atoms with van der Waals surface area (Å²) >= 11 is 0. The first-order valence-electron chi connectivity index (χ1n) is 3.93. The molecule has 0 radical (unpaired) electrons. The Labute approximate surface area is 70.1 Å². The van der Waals surface area contributed by atoms with Crippen LogP contribution in [0.4, 0.5) is 0 Å². The van der Waals surface area contributed by atoms with Crippen molar-refractivity contribution in [2.45, 2.75) is 18.9 Å². The molecular formula is C9H9NO2. The molecule has 3 nitrogen and oxygen atoms in total. The molecule has 2 rings (SSSR count). The summed E-state index contributed by atoms with van der Waals surface area (Å²) in [6.45, 7) is 0. The standard InChI is InChI=1S/C9H9NO2/c11-7-4-6-2-1-3-10-9(6)8(12)5-7/h1-3,9-10H,4-5H2. The summed E-state index contributed by atoms with van der Waals surface area (Å²) in [7, 11) is 0. The summed E-state index contributed by atoms with van der Waals surface area (Å²) in [6.07, 6.45) is 5.91. The topological polar surface area (TPSA) is 46.2 Å². The van der Waals surface area contributed by atoms with Gasteiger partial charge in [0.2, 0.25) is 0 Å². The van der Waals surface area contributed by atoms with Crippen LogP contribution in [0.1, 0.15) is 12.8 Å². The lowest BCUT2D eigenvalue weighted by Crippen LogP contribution is -2.41. The lowest BCUT2D eigenvalue weighted by atomic mass is 9.87. The van der Waals surface area contributed by atoms with Crippen LogP contribution in [0.25, 0.3) is 0 Å². The molecule has 0 aromatic carbocycles. The van der Waals surface area contributed by atoms with Gasteiger partial charge < -0.3 is 5.32 Å². The summed E-state index contributed by atoms with van der Waals surface area (Å²) in [5, 5.41) is 2.94. The molecule has 1 fully saturated rings. The summed E-state index contributed by atoms with van der Waals surface area (Å²) < 4.78 is 0. The Hall–Kier alpha value is -1.38. The third-order valence-corrected chi connectivity index (χ3v) is 2.13. The number of Topliss-reactive ketones (excluding diaryl/α,β-unsaturated/α-hetero) is 2. The van der Waals surface area contributed by atoms with Crippen LogP contribution in [0.5, 0.6) is 0 Å². The van der Waals surface area contributed by atoms with Crippen molar-refractivity contribution in [3.05, 3.63) is 23.9 Å². The number of ketones is 2. The fraction of sp³-hybridized carbons (Fsp3) is 0.333. The van der Waals surface area contributed by atoms with Crippen molar-refractivity contribution >= 4 is 11.6 Å². The van der Waals surface area contributed by atoms with Crippen LogP contribution in [0.2, 0.25) is 0 Å². The largest absolute Gasteiger partial charge is 0.378 e. The fourth-order valence-corrected chi connectivity index (χ4v) is 1.57. The first-order valence-corrected chi connectivity index (χ1v) is 3.93. The van der Waals surface area contributed by atoms with Crippen LogP contribution in [0, 0.1) is 0 Å². The number of hydrogen-bond acceptors (Lipinski definition) is 3. The van der Waals surface area contributed by atoms with Gasteiger partial charge in [-0.3, -0.25) is 9.59 Å². The minimum atomic E-state index is -0.229. The molecule has 1 unspecified atom stereocenters. The molecule has 1 N–H and O–H groups in total. The van der Waals surface area contributed by atoms with Crippen molar-refractivity contribution in [1.29, 1.82) is 0 Å². The monoisotopic (exact) mass is 163 g/mol. The van der Waals surface area contributed by atoms with Gasteiger partial charge >= 0.3 is 0 Å². The van der Waals surface area contributed by atoms with E-state index in [1.54, 1.807) is 6.20 Å². The molecule has 0 spiro atoms. The van der Waals surface area contributed by atoms with E-state index in [0.29, 0.717) is 6.42 Å². The molecule has 0 aromatic heterocycles. The first kappa shape index (κ1) is 7.28. The molecule has 0 amide bonds. The molecular weight excluding hydrogens is 154 g/mol. The fourth-order valence-electron chi connectivity index (χ4n) is 1.57. The van der Waals surface area contributed by atoms with Gasteiger partial charge in [-0.1, -0.05) is 6.08 Å². The predicted octanol–water partition coefficient (Wildman–Crippen LogP) is 0.330. The highest BCUT2D eigenvalue weighted by atomic mass is 16.2. The van der Waals surface area contributed by atoms with Crippen LogP contribution in [0.3, 0.4) is 0 Å². The zero-order chi connectivity index (χ0) is 8.55. The average molecular weight is 163 g/mol. The summed E-state index contributed by atoms with van der Waals surface area (Å²) in [4.78, 5) is 22.3. The Balaban J connectivity index is 2.30. The van der Waals surface area contributed by atoms with Crippen LogP contribution in [0.15, 0.2) is 23.9 Å². The highest BCUT2D eigenvalue weighted by molar-refractivity contribution is 6.07. The van der Waals surface area contributed by atoms with E-state index in [1.165, 1.54) is 0 Å². The molecule has 0 aromatic rings. The maximum atomic E-state index is 11.3. The number of carbonyl (C=O) groups excluding carboxylic acids is 2. The quantitative estimate of drug-likeness (QED) is 0.523. The number of allylic oxidation sites excluding steroid dienone is 2. The molecule has 1 aliphatic heterocycles. The molecule has 1 saturated carbocycles. The van der Waals surface area contributed by atoms with E-state index in [-0.39, 0.29) is 24.0 Å². The lowest BCUT2D eigenvalue weighted by molar-refractivity contribution is -0.129.